The molecule has 1 aliphatic heterocycles. The van der Waals surface area contributed by atoms with Crippen LogP contribution in [0.15, 0.2) is 48.5 Å². The fourth-order valence-electron chi connectivity index (χ4n) is 5.17. The second-order valence-corrected chi connectivity index (χ2v) is 8.95. The van der Waals surface area contributed by atoms with E-state index >= 15 is 0 Å². The van der Waals surface area contributed by atoms with E-state index in [4.69, 9.17) is 0 Å². The Kier molecular flexibility index (Phi) is 3.90. The molecule has 3 aliphatic rings. The minimum atomic E-state index is 0.0600. The standard InChI is InChI=1S/C24H28N2O/c1-16-22-23(27)20-11-10-19(25-18-6-4-3-5-7-18)14-21(20)24(16,2)12-13-26(22)15-17-8-9-17/h3-7,10-11,14,16-17,22,25H,8-9,12-13,15H2,1-2H3/t16-,22-,24?/m0/s1. The van der Waals surface area contributed by atoms with Crippen molar-refractivity contribution in [1.82, 2.24) is 4.90 Å². The van der Waals surface area contributed by atoms with Gasteiger partial charge in [0.25, 0.3) is 0 Å². The molecule has 2 aliphatic carbocycles. The minimum absolute atomic E-state index is 0.0600. The van der Waals surface area contributed by atoms with Crippen LogP contribution >= 0.6 is 0 Å². The maximum atomic E-state index is 13.4. The summed E-state index contributed by atoms with van der Waals surface area (Å²) in [5, 5.41) is 3.50. The molecule has 5 rings (SSSR count). The number of nitrogens with zero attached hydrogens (tertiary/aromatic N) is 1. The third kappa shape index (κ3) is 2.80. The Morgan fingerprint density at radius 1 is 1.11 bits per heavy atom. The van der Waals surface area contributed by atoms with E-state index in [0.717, 1.165) is 42.4 Å². The second-order valence-electron chi connectivity index (χ2n) is 8.95. The first kappa shape index (κ1) is 17.0. The maximum absolute atomic E-state index is 13.4. The van der Waals surface area contributed by atoms with Crippen LogP contribution in [0.5, 0.6) is 0 Å². The Labute approximate surface area is 161 Å². The van der Waals surface area contributed by atoms with Crippen molar-refractivity contribution in [2.45, 2.75) is 44.6 Å². The van der Waals surface area contributed by atoms with Gasteiger partial charge in [-0.25, -0.2) is 0 Å². The Bertz CT molecular complexity index is 873. The zero-order chi connectivity index (χ0) is 18.6. The van der Waals surface area contributed by atoms with Crippen molar-refractivity contribution in [2.24, 2.45) is 11.8 Å². The molecule has 0 radical (unpaired) electrons. The summed E-state index contributed by atoms with van der Waals surface area (Å²) in [5.41, 5.74) is 4.40. The molecule has 0 aromatic heterocycles. The average molecular weight is 361 g/mol. The summed E-state index contributed by atoms with van der Waals surface area (Å²) in [6.07, 6.45) is 3.81. The molecule has 1 saturated heterocycles. The van der Waals surface area contributed by atoms with Gasteiger partial charge in [-0.2, -0.15) is 0 Å². The molecule has 3 heteroatoms. The van der Waals surface area contributed by atoms with E-state index in [1.54, 1.807) is 0 Å². The topological polar surface area (TPSA) is 32.3 Å². The number of carbonyl (C=O) groups excluding carboxylic acids is 1. The molecule has 140 valence electrons. The lowest BCUT2D eigenvalue weighted by Crippen LogP contribution is -2.61. The average Bonchev–Trinajstić information content (AvgIpc) is 3.49. The van der Waals surface area contributed by atoms with E-state index in [1.807, 2.05) is 18.2 Å². The summed E-state index contributed by atoms with van der Waals surface area (Å²) in [4.78, 5) is 15.9. The highest BCUT2D eigenvalue weighted by molar-refractivity contribution is 6.04. The smallest absolute Gasteiger partial charge is 0.180 e. The van der Waals surface area contributed by atoms with Gasteiger partial charge >= 0.3 is 0 Å². The van der Waals surface area contributed by atoms with Gasteiger partial charge in [0, 0.05) is 23.5 Å². The summed E-state index contributed by atoms with van der Waals surface area (Å²) >= 11 is 0. The normalized spacial score (nSPS) is 30.1. The summed E-state index contributed by atoms with van der Waals surface area (Å²) < 4.78 is 0. The second kappa shape index (κ2) is 6.20. The fraction of sp³-hybridized carbons (Fsp3) is 0.458. The summed E-state index contributed by atoms with van der Waals surface area (Å²) in [7, 11) is 0. The number of benzene rings is 2. The van der Waals surface area contributed by atoms with Gasteiger partial charge in [-0.15, -0.1) is 0 Å². The molecule has 3 nitrogen and oxygen atoms in total. The molecule has 1 N–H and O–H groups in total. The zero-order valence-corrected chi connectivity index (χ0v) is 16.2. The third-order valence-corrected chi connectivity index (χ3v) is 7.21. The molecule has 2 fully saturated rings. The van der Waals surface area contributed by atoms with Gasteiger partial charge < -0.3 is 5.32 Å². The molecule has 1 saturated carbocycles. The third-order valence-electron chi connectivity index (χ3n) is 7.21. The molecule has 2 bridgehead atoms. The zero-order valence-electron chi connectivity index (χ0n) is 16.2. The molecule has 1 heterocycles. The van der Waals surface area contributed by atoms with Crippen LogP contribution in [0.3, 0.4) is 0 Å². The van der Waals surface area contributed by atoms with Gasteiger partial charge in [0.2, 0.25) is 0 Å². The highest BCUT2D eigenvalue weighted by Gasteiger charge is 2.52. The first-order chi connectivity index (χ1) is 13.1. The SMILES string of the molecule is C[C@H]1[C@H]2C(=O)c3ccc(Nc4ccccc4)cc3C1(C)CCN2CC1CC1. The van der Waals surface area contributed by atoms with Crippen LogP contribution in [0, 0.1) is 11.8 Å². The highest BCUT2D eigenvalue weighted by Crippen LogP contribution is 2.50. The van der Waals surface area contributed by atoms with E-state index in [1.165, 1.54) is 18.4 Å². The Morgan fingerprint density at radius 3 is 2.63 bits per heavy atom. The Hall–Kier alpha value is -2.13. The predicted octanol–water partition coefficient (Wildman–Crippen LogP) is 5.00. The maximum Gasteiger partial charge on any atom is 0.180 e. The lowest BCUT2D eigenvalue weighted by Gasteiger charge is -2.53. The summed E-state index contributed by atoms with van der Waals surface area (Å²) in [5.74, 6) is 1.52. The molecular weight excluding hydrogens is 332 g/mol. The number of hydrogen-bond donors (Lipinski definition) is 1. The molecule has 3 atom stereocenters. The van der Waals surface area contributed by atoms with Crippen LogP contribution in [0.25, 0.3) is 0 Å². The van der Waals surface area contributed by atoms with Crippen LogP contribution < -0.4 is 5.32 Å². The van der Waals surface area contributed by atoms with Crippen LogP contribution in [-0.2, 0) is 5.41 Å². The predicted molar refractivity (Wildman–Crippen MR) is 110 cm³/mol. The number of rotatable bonds is 4. The molecule has 0 amide bonds. The van der Waals surface area contributed by atoms with Crippen molar-refractivity contribution in [3.05, 3.63) is 59.7 Å². The van der Waals surface area contributed by atoms with E-state index in [0.29, 0.717) is 11.7 Å². The first-order valence-electron chi connectivity index (χ1n) is 10.3. The molecule has 2 aromatic rings. The van der Waals surface area contributed by atoms with Gasteiger partial charge in [0.1, 0.15) is 0 Å². The molecular formula is C24H28N2O. The number of piperidine rings is 1. The first-order valence-corrected chi connectivity index (χ1v) is 10.3. The van der Waals surface area contributed by atoms with Crippen LogP contribution in [-0.4, -0.2) is 29.8 Å². The number of hydrogen-bond acceptors (Lipinski definition) is 3. The van der Waals surface area contributed by atoms with Crippen molar-refractivity contribution < 1.29 is 4.79 Å². The highest BCUT2D eigenvalue weighted by atomic mass is 16.1. The minimum Gasteiger partial charge on any atom is -0.356 e. The van der Waals surface area contributed by atoms with Gasteiger partial charge in [0.05, 0.1) is 6.04 Å². The number of fused-ring (bicyclic) bond motifs is 4. The molecule has 1 unspecified atom stereocenters. The summed E-state index contributed by atoms with van der Waals surface area (Å²) in [6, 6.07) is 16.6. The summed E-state index contributed by atoms with van der Waals surface area (Å²) in [6.45, 7) is 6.82. The van der Waals surface area contributed by atoms with Crippen LogP contribution in [0.1, 0.15) is 49.0 Å². The van der Waals surface area contributed by atoms with E-state index in [2.05, 4.69) is 54.4 Å². The van der Waals surface area contributed by atoms with Gasteiger partial charge in [-0.05, 0) is 79.0 Å². The van der Waals surface area contributed by atoms with Crippen molar-refractivity contribution in [1.29, 1.82) is 0 Å². The van der Waals surface area contributed by atoms with Gasteiger partial charge in [-0.1, -0.05) is 32.0 Å². The monoisotopic (exact) mass is 360 g/mol. The van der Waals surface area contributed by atoms with Crippen molar-refractivity contribution in [3.8, 4) is 0 Å². The number of carbonyl (C=O) groups is 1. The lowest BCUT2D eigenvalue weighted by molar-refractivity contribution is 0.0266. The van der Waals surface area contributed by atoms with Gasteiger partial charge in [-0.3, -0.25) is 9.69 Å². The van der Waals surface area contributed by atoms with Crippen LogP contribution in [0.2, 0.25) is 0 Å². The number of Topliss-reactive ketones (excluding diaryl/α,β-unsaturated/α-hetero) is 1. The van der Waals surface area contributed by atoms with E-state index in [9.17, 15) is 4.79 Å². The number of nitrogens with one attached hydrogen (secondary N) is 1. The fourth-order valence-corrected chi connectivity index (χ4v) is 5.17. The van der Waals surface area contributed by atoms with Crippen molar-refractivity contribution in [3.63, 3.8) is 0 Å². The molecule has 27 heavy (non-hydrogen) atoms. The molecule has 2 aromatic carbocycles. The number of anilines is 2. The van der Waals surface area contributed by atoms with Gasteiger partial charge in [0.15, 0.2) is 5.78 Å². The molecule has 0 spiro atoms. The Balaban J connectivity index is 1.51. The largest absolute Gasteiger partial charge is 0.356 e. The number of ketones is 1. The van der Waals surface area contributed by atoms with Crippen LogP contribution in [0.4, 0.5) is 11.4 Å². The van der Waals surface area contributed by atoms with E-state index in [-0.39, 0.29) is 11.5 Å². The quantitative estimate of drug-likeness (QED) is 0.832. The Morgan fingerprint density at radius 2 is 1.89 bits per heavy atom. The lowest BCUT2D eigenvalue weighted by atomic mass is 9.58. The number of likely N-dealkylation sites (tertiary alicyclic amines) is 1. The van der Waals surface area contributed by atoms with E-state index < -0.39 is 0 Å². The van der Waals surface area contributed by atoms with Crippen molar-refractivity contribution in [2.75, 3.05) is 18.4 Å². The van der Waals surface area contributed by atoms with Crippen molar-refractivity contribution >= 4 is 17.2 Å². The number of para-hydroxylation sites is 1.